The van der Waals surface area contributed by atoms with Crippen LogP contribution in [-0.4, -0.2) is 36.7 Å². The molecule has 2 aliphatic rings. The van der Waals surface area contributed by atoms with Gasteiger partial charge in [0.25, 0.3) is 0 Å². The van der Waals surface area contributed by atoms with Crippen molar-refractivity contribution in [2.24, 2.45) is 5.92 Å². The normalized spacial score (nSPS) is 19.8. The Bertz CT molecular complexity index is 1720. The number of fused-ring (bicyclic) bond motifs is 2. The van der Waals surface area contributed by atoms with Gasteiger partial charge in [0.2, 0.25) is 5.82 Å². The quantitative estimate of drug-likeness (QED) is 0.257. The Morgan fingerprint density at radius 1 is 1.12 bits per heavy atom. The molecule has 5 aromatic rings. The highest BCUT2D eigenvalue weighted by molar-refractivity contribution is 6.01. The Hall–Kier alpha value is -4.66. The third-order valence-corrected chi connectivity index (χ3v) is 8.37. The molecule has 41 heavy (non-hydrogen) atoms. The molecule has 1 atom stereocenters. The summed E-state index contributed by atoms with van der Waals surface area (Å²) in [5.74, 6) is 1.77. The summed E-state index contributed by atoms with van der Waals surface area (Å²) in [5.41, 5.74) is 11.7. The monoisotopic (exact) mass is 548 g/mol. The summed E-state index contributed by atoms with van der Waals surface area (Å²) in [6.45, 7) is 2.85. The van der Waals surface area contributed by atoms with E-state index in [-0.39, 0.29) is 18.1 Å². The number of carbonyl (C=O) groups is 1. The van der Waals surface area contributed by atoms with E-state index in [1.165, 1.54) is 17.5 Å². The molecule has 0 amide bonds. The second kappa shape index (κ2) is 10.4. The van der Waals surface area contributed by atoms with Crippen LogP contribution in [0.4, 0.5) is 5.82 Å². The van der Waals surface area contributed by atoms with E-state index in [0.717, 1.165) is 60.1 Å². The summed E-state index contributed by atoms with van der Waals surface area (Å²) in [7, 11) is 0. The largest absolute Gasteiger partial charge is 0.485 e. The molecule has 1 fully saturated rings. The zero-order valence-electron chi connectivity index (χ0n) is 22.9. The molecule has 9 heteroatoms. The van der Waals surface area contributed by atoms with Gasteiger partial charge in [-0.25, -0.2) is 19.7 Å². The minimum Gasteiger partial charge on any atom is -0.485 e. The fraction of sp³-hybridized carbons (Fsp3) is 0.312. The number of carbonyl (C=O) groups excluding carboxylic acids is 1. The van der Waals surface area contributed by atoms with Crippen LogP contribution in [0, 0.1) is 5.92 Å². The van der Waals surface area contributed by atoms with Gasteiger partial charge in [-0.1, -0.05) is 42.5 Å². The molecule has 2 N–H and O–H groups in total. The predicted octanol–water partition coefficient (Wildman–Crippen LogP) is 5.77. The van der Waals surface area contributed by atoms with E-state index in [9.17, 15) is 4.79 Å². The number of esters is 1. The van der Waals surface area contributed by atoms with Gasteiger partial charge in [0.1, 0.15) is 29.6 Å². The van der Waals surface area contributed by atoms with Crippen LogP contribution in [0.2, 0.25) is 0 Å². The average Bonchev–Trinajstić information content (AvgIpc) is 3.60. The summed E-state index contributed by atoms with van der Waals surface area (Å²) in [5, 5.41) is 0.866. The van der Waals surface area contributed by atoms with Gasteiger partial charge in [-0.2, -0.15) is 0 Å². The lowest BCUT2D eigenvalue weighted by molar-refractivity contribution is 0.0502. The minimum absolute atomic E-state index is 0.0421. The molecule has 208 valence electrons. The highest BCUT2D eigenvalue weighted by Crippen LogP contribution is 2.45. The molecule has 2 aromatic carbocycles. The van der Waals surface area contributed by atoms with Gasteiger partial charge in [0.05, 0.1) is 12.0 Å². The van der Waals surface area contributed by atoms with E-state index < -0.39 is 0 Å². The van der Waals surface area contributed by atoms with Crippen LogP contribution >= 0.6 is 0 Å². The molecule has 9 nitrogen and oxygen atoms in total. The fourth-order valence-corrected chi connectivity index (χ4v) is 6.24. The lowest BCUT2D eigenvalue weighted by Gasteiger charge is -2.37. The third kappa shape index (κ3) is 4.61. The summed E-state index contributed by atoms with van der Waals surface area (Å²) in [6, 6.07) is 17.1. The number of hydrogen-bond acceptors (Lipinski definition) is 7. The number of aromatic nitrogens is 5. The van der Waals surface area contributed by atoms with Crippen molar-refractivity contribution < 1.29 is 14.3 Å². The van der Waals surface area contributed by atoms with E-state index in [1.807, 2.05) is 16.8 Å². The Labute approximate surface area is 238 Å². The highest BCUT2D eigenvalue weighted by Gasteiger charge is 2.34. The van der Waals surface area contributed by atoms with Crippen LogP contribution in [0.15, 0.2) is 73.4 Å². The van der Waals surface area contributed by atoms with Gasteiger partial charge in [-0.3, -0.25) is 0 Å². The van der Waals surface area contributed by atoms with Crippen molar-refractivity contribution in [1.82, 2.24) is 24.1 Å². The number of benzene rings is 2. The predicted molar refractivity (Wildman–Crippen MR) is 155 cm³/mol. The minimum atomic E-state index is -0.384. The Morgan fingerprint density at radius 2 is 1.98 bits per heavy atom. The van der Waals surface area contributed by atoms with Crippen molar-refractivity contribution in [1.29, 1.82) is 0 Å². The molecule has 7 rings (SSSR count). The molecule has 4 heterocycles. The molecule has 0 spiro atoms. The zero-order chi connectivity index (χ0) is 27.9. The number of nitrogens with two attached hydrogens (primary N) is 1. The van der Waals surface area contributed by atoms with E-state index in [4.69, 9.17) is 15.2 Å². The van der Waals surface area contributed by atoms with Crippen molar-refractivity contribution in [2.75, 3.05) is 12.3 Å². The summed E-state index contributed by atoms with van der Waals surface area (Å²) >= 11 is 0. The van der Waals surface area contributed by atoms with E-state index in [0.29, 0.717) is 24.2 Å². The summed E-state index contributed by atoms with van der Waals surface area (Å²) in [6.07, 6.45) is 11.1. The van der Waals surface area contributed by atoms with Crippen molar-refractivity contribution >= 4 is 22.8 Å². The lowest BCUT2D eigenvalue weighted by Crippen LogP contribution is -2.30. The van der Waals surface area contributed by atoms with E-state index in [1.54, 1.807) is 13.1 Å². The average molecular weight is 549 g/mol. The van der Waals surface area contributed by atoms with Gasteiger partial charge < -0.3 is 24.3 Å². The first-order valence-electron chi connectivity index (χ1n) is 14.2. The topological polar surface area (TPSA) is 110 Å². The van der Waals surface area contributed by atoms with Crippen molar-refractivity contribution in [2.45, 2.75) is 51.3 Å². The smallest absolute Gasteiger partial charge is 0.374 e. The number of imidazole rings is 1. The number of rotatable bonds is 7. The van der Waals surface area contributed by atoms with Crippen LogP contribution in [0.3, 0.4) is 0 Å². The maximum atomic E-state index is 12.3. The zero-order valence-corrected chi connectivity index (χ0v) is 22.9. The molecular weight excluding hydrogens is 516 g/mol. The van der Waals surface area contributed by atoms with Crippen molar-refractivity contribution in [3.8, 4) is 16.9 Å². The molecule has 0 radical (unpaired) electrons. The van der Waals surface area contributed by atoms with Crippen LogP contribution < -0.4 is 10.5 Å². The standard InChI is InChI=1S/C32H32N6O3/c1-2-40-32(39)31-34-12-13-37(31)17-20-14-24(15-20)38-18-25(28-29(33)35-19-36-30(28)38)23-9-8-22-10-11-26(41-27(22)16-23)21-6-4-3-5-7-21/h3-9,12-13,16,18-20,24,26H,2,10-11,14-15,17H2,1H3,(H2,33,35,36). The number of aryl methyl sites for hydroxylation is 1. The van der Waals surface area contributed by atoms with Crippen LogP contribution in [-0.2, 0) is 17.7 Å². The van der Waals surface area contributed by atoms with Crippen LogP contribution in [0.1, 0.15) is 60.1 Å². The molecular formula is C32H32N6O3. The summed E-state index contributed by atoms with van der Waals surface area (Å²) in [4.78, 5) is 25.4. The fourth-order valence-electron chi connectivity index (χ4n) is 6.24. The molecule has 1 aliphatic heterocycles. The van der Waals surface area contributed by atoms with Crippen molar-refractivity contribution in [3.05, 3.63) is 90.4 Å². The number of anilines is 1. The van der Waals surface area contributed by atoms with E-state index in [2.05, 4.69) is 68.2 Å². The first kappa shape index (κ1) is 25.3. The van der Waals surface area contributed by atoms with Gasteiger partial charge in [0, 0.05) is 36.7 Å². The molecule has 1 saturated carbocycles. The summed E-state index contributed by atoms with van der Waals surface area (Å²) < 4.78 is 15.8. The molecule has 0 bridgehead atoms. The Balaban J connectivity index is 1.15. The van der Waals surface area contributed by atoms with Crippen LogP contribution in [0.25, 0.3) is 22.2 Å². The Kier molecular flexibility index (Phi) is 6.41. The van der Waals surface area contributed by atoms with E-state index >= 15 is 0 Å². The third-order valence-electron chi connectivity index (χ3n) is 8.37. The number of ether oxygens (including phenoxy) is 2. The second-order valence-electron chi connectivity index (χ2n) is 10.9. The van der Waals surface area contributed by atoms with Crippen molar-refractivity contribution in [3.63, 3.8) is 0 Å². The lowest BCUT2D eigenvalue weighted by atomic mass is 9.80. The molecule has 3 aromatic heterocycles. The highest BCUT2D eigenvalue weighted by atomic mass is 16.5. The first-order valence-corrected chi connectivity index (χ1v) is 14.2. The maximum absolute atomic E-state index is 12.3. The number of hydrogen-bond donors (Lipinski definition) is 1. The number of nitrogen functional groups attached to an aromatic ring is 1. The second-order valence-corrected chi connectivity index (χ2v) is 10.9. The molecule has 0 saturated heterocycles. The molecule has 1 aliphatic carbocycles. The van der Waals surface area contributed by atoms with Gasteiger partial charge in [-0.15, -0.1) is 0 Å². The van der Waals surface area contributed by atoms with Gasteiger partial charge >= 0.3 is 5.97 Å². The Morgan fingerprint density at radius 3 is 2.80 bits per heavy atom. The van der Waals surface area contributed by atoms with Gasteiger partial charge in [-0.05, 0) is 61.3 Å². The first-order chi connectivity index (χ1) is 20.1. The van der Waals surface area contributed by atoms with Gasteiger partial charge in [0.15, 0.2) is 0 Å². The number of nitrogens with zero attached hydrogens (tertiary/aromatic N) is 5. The van der Waals surface area contributed by atoms with Crippen LogP contribution in [0.5, 0.6) is 5.75 Å². The SMILES string of the molecule is CCOC(=O)c1nccn1CC1CC(n2cc(-c3ccc4c(c3)OC(c3ccccc3)CC4)c3c(N)ncnc32)C1. The molecule has 1 unspecified atom stereocenters. The maximum Gasteiger partial charge on any atom is 0.374 e.